The zero-order valence-electron chi connectivity index (χ0n) is 21.3. The molecule has 6 heteroatoms. The quantitative estimate of drug-likeness (QED) is 0.412. The summed E-state index contributed by atoms with van der Waals surface area (Å²) in [4.78, 5) is 19.4. The van der Waals surface area contributed by atoms with E-state index >= 15 is 0 Å². The van der Waals surface area contributed by atoms with Gasteiger partial charge < -0.3 is 15.5 Å². The van der Waals surface area contributed by atoms with Gasteiger partial charge in [-0.25, -0.2) is 4.79 Å². The monoisotopic (exact) mass is 493 g/mol. The third kappa shape index (κ3) is 6.36. The average molecular weight is 494 g/mol. The Bertz CT molecular complexity index is 1210. The van der Waals surface area contributed by atoms with Crippen LogP contribution >= 0.6 is 0 Å². The number of likely N-dealkylation sites (tertiary alicyclic amines) is 1. The SMILES string of the molecule is N#Cc1cccc(-c2ccc(C(CNC(=O)Nc3cccnc3)C3CCN(C4CCCC4)CC3)cc2)c1. The number of carbonyl (C=O) groups excluding carboxylic acids is 1. The Morgan fingerprint density at radius 2 is 1.78 bits per heavy atom. The second kappa shape index (κ2) is 12.0. The molecular weight excluding hydrogens is 458 g/mol. The molecule has 1 unspecified atom stereocenters. The minimum atomic E-state index is -0.202. The van der Waals surface area contributed by atoms with Gasteiger partial charge in [-0.1, -0.05) is 49.2 Å². The number of nitrogens with one attached hydrogen (secondary N) is 2. The van der Waals surface area contributed by atoms with Crippen LogP contribution in [0.2, 0.25) is 0 Å². The number of hydrogen-bond acceptors (Lipinski definition) is 4. The number of anilines is 1. The van der Waals surface area contributed by atoms with E-state index in [-0.39, 0.29) is 11.9 Å². The highest BCUT2D eigenvalue weighted by atomic mass is 16.2. The molecule has 1 aliphatic carbocycles. The van der Waals surface area contributed by atoms with Crippen LogP contribution in [0, 0.1) is 17.2 Å². The molecule has 2 amide bonds. The number of hydrogen-bond donors (Lipinski definition) is 2. The van der Waals surface area contributed by atoms with E-state index in [0.29, 0.717) is 23.7 Å². The van der Waals surface area contributed by atoms with Crippen molar-refractivity contribution in [3.05, 3.63) is 84.2 Å². The molecule has 1 aromatic heterocycles. The van der Waals surface area contributed by atoms with Crippen molar-refractivity contribution in [3.8, 4) is 17.2 Å². The van der Waals surface area contributed by atoms with Crippen LogP contribution in [0.25, 0.3) is 11.1 Å². The first-order chi connectivity index (χ1) is 18.2. The maximum Gasteiger partial charge on any atom is 0.319 e. The molecular formula is C31H35N5O. The van der Waals surface area contributed by atoms with Crippen LogP contribution in [0.4, 0.5) is 10.5 Å². The maximum absolute atomic E-state index is 12.7. The summed E-state index contributed by atoms with van der Waals surface area (Å²) in [6, 6.07) is 22.8. The molecule has 1 atom stereocenters. The lowest BCUT2D eigenvalue weighted by atomic mass is 9.79. The van der Waals surface area contributed by atoms with Gasteiger partial charge in [0, 0.05) is 24.7 Å². The van der Waals surface area contributed by atoms with E-state index in [0.717, 1.165) is 43.1 Å². The molecule has 190 valence electrons. The van der Waals surface area contributed by atoms with E-state index < -0.39 is 0 Å². The standard InChI is InChI=1S/C31H35N5O/c32-20-23-5-3-6-27(19-23)24-10-12-25(13-11-24)30(22-34-31(37)35-28-7-4-16-33-21-28)26-14-17-36(18-15-26)29-8-1-2-9-29/h3-7,10-13,16,19,21,26,29-30H,1-2,8-9,14-15,17-18,22H2,(H2,34,35,37). The fourth-order valence-electron chi connectivity index (χ4n) is 6.02. The summed E-state index contributed by atoms with van der Waals surface area (Å²) in [5.41, 5.74) is 4.74. The topological polar surface area (TPSA) is 81.0 Å². The summed E-state index contributed by atoms with van der Waals surface area (Å²) in [6.07, 6.45) is 11.1. The van der Waals surface area contributed by atoms with Crippen molar-refractivity contribution in [2.45, 2.75) is 50.5 Å². The van der Waals surface area contributed by atoms with Gasteiger partial charge in [0.1, 0.15) is 0 Å². The molecule has 2 aliphatic rings. The van der Waals surface area contributed by atoms with Crippen molar-refractivity contribution in [2.24, 2.45) is 5.92 Å². The molecule has 2 fully saturated rings. The number of nitriles is 1. The number of benzene rings is 2. The fourth-order valence-corrected chi connectivity index (χ4v) is 6.02. The van der Waals surface area contributed by atoms with Gasteiger partial charge in [-0.2, -0.15) is 5.26 Å². The van der Waals surface area contributed by atoms with Gasteiger partial charge in [0.25, 0.3) is 0 Å². The number of aromatic nitrogens is 1. The molecule has 1 saturated heterocycles. The number of amides is 2. The van der Waals surface area contributed by atoms with E-state index in [2.05, 4.69) is 50.9 Å². The van der Waals surface area contributed by atoms with Gasteiger partial charge in [-0.05, 0) is 85.6 Å². The average Bonchev–Trinajstić information content (AvgIpc) is 3.50. The first kappa shape index (κ1) is 25.0. The smallest absolute Gasteiger partial charge is 0.319 e. The second-order valence-corrected chi connectivity index (χ2v) is 10.3. The van der Waals surface area contributed by atoms with Crippen LogP contribution in [0.5, 0.6) is 0 Å². The van der Waals surface area contributed by atoms with E-state index in [1.807, 2.05) is 36.4 Å². The molecule has 5 rings (SSSR count). The molecule has 37 heavy (non-hydrogen) atoms. The van der Waals surface area contributed by atoms with E-state index in [1.54, 1.807) is 12.4 Å². The van der Waals surface area contributed by atoms with Gasteiger partial charge in [0.2, 0.25) is 0 Å². The highest BCUT2D eigenvalue weighted by Crippen LogP contribution is 2.36. The predicted molar refractivity (Wildman–Crippen MR) is 147 cm³/mol. The molecule has 1 saturated carbocycles. The number of urea groups is 1. The number of rotatable bonds is 7. The Morgan fingerprint density at radius 3 is 2.49 bits per heavy atom. The van der Waals surface area contributed by atoms with Gasteiger partial charge in [0.05, 0.1) is 23.5 Å². The molecule has 6 nitrogen and oxygen atoms in total. The van der Waals surface area contributed by atoms with E-state index in [9.17, 15) is 10.1 Å². The van der Waals surface area contributed by atoms with Crippen molar-refractivity contribution in [3.63, 3.8) is 0 Å². The highest BCUT2D eigenvalue weighted by molar-refractivity contribution is 5.89. The molecule has 3 aromatic rings. The van der Waals surface area contributed by atoms with Gasteiger partial charge >= 0.3 is 6.03 Å². The minimum absolute atomic E-state index is 0.202. The van der Waals surface area contributed by atoms with Crippen molar-refractivity contribution < 1.29 is 4.79 Å². The molecule has 0 radical (unpaired) electrons. The number of nitrogens with zero attached hydrogens (tertiary/aromatic N) is 3. The predicted octanol–water partition coefficient (Wildman–Crippen LogP) is 6.18. The van der Waals surface area contributed by atoms with Crippen molar-refractivity contribution >= 4 is 11.7 Å². The zero-order chi connectivity index (χ0) is 25.5. The van der Waals surface area contributed by atoms with Gasteiger partial charge in [-0.3, -0.25) is 4.98 Å². The lowest BCUT2D eigenvalue weighted by Crippen LogP contribution is -2.43. The maximum atomic E-state index is 12.7. The van der Waals surface area contributed by atoms with Crippen molar-refractivity contribution in [1.82, 2.24) is 15.2 Å². The molecule has 2 N–H and O–H groups in total. The Morgan fingerprint density at radius 1 is 1.00 bits per heavy atom. The number of pyridine rings is 1. The third-order valence-corrected chi connectivity index (χ3v) is 8.05. The van der Waals surface area contributed by atoms with Crippen molar-refractivity contribution in [1.29, 1.82) is 5.26 Å². The Balaban J connectivity index is 1.29. The van der Waals surface area contributed by atoms with Gasteiger partial charge in [0.15, 0.2) is 0 Å². The number of carbonyl (C=O) groups is 1. The second-order valence-electron chi connectivity index (χ2n) is 10.3. The Labute approximate surface area is 219 Å². The lowest BCUT2D eigenvalue weighted by Gasteiger charge is -2.39. The number of piperidine rings is 1. The third-order valence-electron chi connectivity index (χ3n) is 8.05. The molecule has 0 spiro atoms. The van der Waals surface area contributed by atoms with E-state index in [4.69, 9.17) is 0 Å². The summed E-state index contributed by atoms with van der Waals surface area (Å²) in [5.74, 6) is 0.758. The normalized spacial score (nSPS) is 17.7. The van der Waals surface area contributed by atoms with Crippen LogP contribution in [-0.4, -0.2) is 41.6 Å². The Hall–Kier alpha value is -3.69. The lowest BCUT2D eigenvalue weighted by molar-refractivity contribution is 0.123. The van der Waals surface area contributed by atoms with Crippen LogP contribution in [-0.2, 0) is 0 Å². The molecule has 1 aliphatic heterocycles. The molecule has 2 aromatic carbocycles. The van der Waals surface area contributed by atoms with Gasteiger partial charge in [-0.15, -0.1) is 0 Å². The highest BCUT2D eigenvalue weighted by Gasteiger charge is 2.31. The summed E-state index contributed by atoms with van der Waals surface area (Å²) in [6.45, 7) is 2.88. The van der Waals surface area contributed by atoms with Crippen LogP contribution in [0.1, 0.15) is 55.6 Å². The molecule has 2 heterocycles. The fraction of sp³-hybridized carbons (Fsp3) is 0.387. The Kier molecular flexibility index (Phi) is 8.12. The summed E-state index contributed by atoms with van der Waals surface area (Å²) in [7, 11) is 0. The summed E-state index contributed by atoms with van der Waals surface area (Å²) in [5, 5.41) is 15.3. The van der Waals surface area contributed by atoms with Crippen molar-refractivity contribution in [2.75, 3.05) is 25.0 Å². The van der Waals surface area contributed by atoms with E-state index in [1.165, 1.54) is 31.2 Å². The first-order valence-corrected chi connectivity index (χ1v) is 13.5. The summed E-state index contributed by atoms with van der Waals surface area (Å²) >= 11 is 0. The summed E-state index contributed by atoms with van der Waals surface area (Å²) < 4.78 is 0. The van der Waals surface area contributed by atoms with Crippen LogP contribution < -0.4 is 10.6 Å². The first-order valence-electron chi connectivity index (χ1n) is 13.5. The largest absolute Gasteiger partial charge is 0.337 e. The minimum Gasteiger partial charge on any atom is -0.337 e. The van der Waals surface area contributed by atoms with Crippen LogP contribution in [0.15, 0.2) is 73.1 Å². The molecule has 0 bridgehead atoms. The van der Waals surface area contributed by atoms with Crippen LogP contribution in [0.3, 0.4) is 0 Å². The zero-order valence-corrected chi connectivity index (χ0v) is 21.3.